The van der Waals surface area contributed by atoms with Crippen LogP contribution in [0.3, 0.4) is 0 Å². The van der Waals surface area contributed by atoms with Crippen LogP contribution in [-0.4, -0.2) is 14.2 Å². The second-order valence-corrected chi connectivity index (χ2v) is 7.37. The first-order chi connectivity index (χ1) is 10.1. The van der Waals surface area contributed by atoms with E-state index in [1.54, 1.807) is 12.1 Å². The fourth-order valence-corrected chi connectivity index (χ4v) is 3.65. The van der Waals surface area contributed by atoms with Crippen molar-refractivity contribution in [1.82, 2.24) is 0 Å². The van der Waals surface area contributed by atoms with E-state index in [0.717, 1.165) is 24.8 Å². The minimum absolute atomic E-state index is 0.282. The van der Waals surface area contributed by atoms with Gasteiger partial charge in [0.25, 0.3) is 0 Å². The molecule has 0 aliphatic carbocycles. The van der Waals surface area contributed by atoms with Gasteiger partial charge in [-0.05, 0) is 31.0 Å². The van der Waals surface area contributed by atoms with E-state index in [9.17, 15) is 8.42 Å². The zero-order chi connectivity index (χ0) is 16.1. The van der Waals surface area contributed by atoms with Gasteiger partial charge >= 0.3 is 0 Å². The highest BCUT2D eigenvalue weighted by atomic mass is 32.2. The number of hydrogen-bond acceptors (Lipinski definition) is 2. The highest BCUT2D eigenvalue weighted by molar-refractivity contribution is 7.91. The standard InChI is InChI=1S/C16H26O2S.C2H6/c1-3-4-5-6-7-8-9-13-19(17,18)16-12-10-11-15(2)14-16;1-2/h10-12,14H,3-9,13H2,1-2H3;1-2H3. The summed E-state index contributed by atoms with van der Waals surface area (Å²) in [4.78, 5) is 0.471. The van der Waals surface area contributed by atoms with Gasteiger partial charge < -0.3 is 0 Å². The first-order valence-corrected chi connectivity index (χ1v) is 10.0. The average molecular weight is 313 g/mol. The van der Waals surface area contributed by atoms with Crippen LogP contribution in [-0.2, 0) is 9.84 Å². The summed E-state index contributed by atoms with van der Waals surface area (Å²) >= 11 is 0. The number of hydrogen-bond donors (Lipinski definition) is 0. The maximum Gasteiger partial charge on any atom is 0.178 e. The van der Waals surface area contributed by atoms with Crippen LogP contribution < -0.4 is 0 Å². The Hall–Kier alpha value is -0.830. The van der Waals surface area contributed by atoms with E-state index in [4.69, 9.17) is 0 Å². The van der Waals surface area contributed by atoms with E-state index in [1.165, 1.54) is 25.7 Å². The second kappa shape index (κ2) is 11.8. The molecular weight excluding hydrogens is 280 g/mol. The van der Waals surface area contributed by atoms with E-state index >= 15 is 0 Å². The van der Waals surface area contributed by atoms with Crippen molar-refractivity contribution in [3.8, 4) is 0 Å². The summed E-state index contributed by atoms with van der Waals surface area (Å²) in [5.74, 6) is 0.282. The first kappa shape index (κ1) is 20.2. The van der Waals surface area contributed by atoms with E-state index in [-0.39, 0.29) is 5.75 Å². The Morgan fingerprint density at radius 3 is 2.05 bits per heavy atom. The maximum atomic E-state index is 12.1. The molecule has 0 radical (unpaired) electrons. The van der Waals surface area contributed by atoms with Crippen molar-refractivity contribution in [3.63, 3.8) is 0 Å². The van der Waals surface area contributed by atoms with Gasteiger partial charge in [-0.1, -0.05) is 71.4 Å². The molecule has 0 aliphatic rings. The van der Waals surface area contributed by atoms with Crippen LogP contribution in [0.4, 0.5) is 0 Å². The quantitative estimate of drug-likeness (QED) is 0.560. The van der Waals surface area contributed by atoms with Crippen molar-refractivity contribution in [1.29, 1.82) is 0 Å². The zero-order valence-electron chi connectivity index (χ0n) is 14.2. The van der Waals surface area contributed by atoms with Gasteiger partial charge in [-0.25, -0.2) is 8.42 Å². The lowest BCUT2D eigenvalue weighted by atomic mass is 10.1. The fraction of sp³-hybridized carbons (Fsp3) is 0.667. The Kier molecular flexibility index (Phi) is 11.3. The lowest BCUT2D eigenvalue weighted by Gasteiger charge is -2.05. The van der Waals surface area contributed by atoms with Crippen LogP contribution in [0.2, 0.25) is 0 Å². The van der Waals surface area contributed by atoms with Gasteiger partial charge in [0.2, 0.25) is 0 Å². The van der Waals surface area contributed by atoms with Crippen molar-refractivity contribution < 1.29 is 8.42 Å². The molecule has 0 saturated carbocycles. The van der Waals surface area contributed by atoms with E-state index in [2.05, 4.69) is 6.92 Å². The van der Waals surface area contributed by atoms with Crippen LogP contribution in [0.25, 0.3) is 0 Å². The minimum atomic E-state index is -3.08. The lowest BCUT2D eigenvalue weighted by Crippen LogP contribution is -2.07. The molecule has 0 spiro atoms. The highest BCUT2D eigenvalue weighted by Crippen LogP contribution is 2.15. The molecule has 122 valence electrons. The smallest absolute Gasteiger partial charge is 0.178 e. The van der Waals surface area contributed by atoms with Crippen molar-refractivity contribution in [2.45, 2.75) is 77.5 Å². The average Bonchev–Trinajstić information content (AvgIpc) is 2.48. The molecule has 1 rings (SSSR count). The fourth-order valence-electron chi connectivity index (χ4n) is 2.18. The van der Waals surface area contributed by atoms with E-state index in [1.807, 2.05) is 32.9 Å². The summed E-state index contributed by atoms with van der Waals surface area (Å²) < 4.78 is 24.2. The molecule has 2 nitrogen and oxygen atoms in total. The normalized spacial score (nSPS) is 10.9. The van der Waals surface area contributed by atoms with Gasteiger partial charge in [-0.2, -0.15) is 0 Å². The summed E-state index contributed by atoms with van der Waals surface area (Å²) in [6, 6.07) is 7.19. The molecule has 0 amide bonds. The van der Waals surface area contributed by atoms with Crippen molar-refractivity contribution >= 4 is 9.84 Å². The van der Waals surface area contributed by atoms with Crippen molar-refractivity contribution in [2.75, 3.05) is 5.75 Å². The highest BCUT2D eigenvalue weighted by Gasteiger charge is 2.13. The van der Waals surface area contributed by atoms with Gasteiger partial charge in [0.05, 0.1) is 10.6 Å². The van der Waals surface area contributed by atoms with Crippen LogP contribution in [0.5, 0.6) is 0 Å². The van der Waals surface area contributed by atoms with E-state index in [0.29, 0.717) is 4.90 Å². The number of unbranched alkanes of at least 4 members (excludes halogenated alkanes) is 6. The molecule has 0 fully saturated rings. The Morgan fingerprint density at radius 1 is 0.905 bits per heavy atom. The molecule has 1 aromatic rings. The molecule has 0 aromatic heterocycles. The summed E-state index contributed by atoms with van der Waals surface area (Å²) in [7, 11) is -3.08. The molecule has 3 heteroatoms. The van der Waals surface area contributed by atoms with Gasteiger partial charge in [-0.3, -0.25) is 0 Å². The minimum Gasteiger partial charge on any atom is -0.224 e. The van der Waals surface area contributed by atoms with Crippen LogP contribution in [0.1, 0.15) is 71.3 Å². The molecule has 0 aliphatic heterocycles. The maximum absolute atomic E-state index is 12.1. The zero-order valence-corrected chi connectivity index (χ0v) is 15.0. The van der Waals surface area contributed by atoms with Crippen LogP contribution in [0, 0.1) is 6.92 Å². The summed E-state index contributed by atoms with van der Waals surface area (Å²) in [5, 5.41) is 0. The molecule has 0 bridgehead atoms. The number of rotatable bonds is 9. The monoisotopic (exact) mass is 312 g/mol. The number of aryl methyl sites for hydroxylation is 1. The predicted octanol–water partition coefficient (Wildman–Crippen LogP) is 5.55. The summed E-state index contributed by atoms with van der Waals surface area (Å²) in [6.45, 7) is 8.13. The third-order valence-corrected chi connectivity index (χ3v) is 5.16. The van der Waals surface area contributed by atoms with Gasteiger partial charge in [0, 0.05) is 0 Å². The Labute approximate surface area is 131 Å². The second-order valence-electron chi connectivity index (χ2n) is 5.26. The molecule has 21 heavy (non-hydrogen) atoms. The molecular formula is C18H32O2S. The summed E-state index contributed by atoms with van der Waals surface area (Å²) in [6.07, 6.45) is 8.02. The Bertz CT molecular complexity index is 464. The number of sulfone groups is 1. The van der Waals surface area contributed by atoms with Crippen LogP contribution in [0.15, 0.2) is 29.2 Å². The SMILES string of the molecule is CC.CCCCCCCCCS(=O)(=O)c1cccc(C)c1. The molecule has 0 unspecified atom stereocenters. The molecule has 0 saturated heterocycles. The molecule has 0 N–H and O–H groups in total. The topological polar surface area (TPSA) is 34.1 Å². The molecule has 0 heterocycles. The third-order valence-electron chi connectivity index (χ3n) is 3.37. The predicted molar refractivity (Wildman–Crippen MR) is 92.6 cm³/mol. The number of benzene rings is 1. The molecule has 1 aromatic carbocycles. The lowest BCUT2D eigenvalue weighted by molar-refractivity contribution is 0.579. The van der Waals surface area contributed by atoms with Crippen molar-refractivity contribution in [2.24, 2.45) is 0 Å². The van der Waals surface area contributed by atoms with Crippen LogP contribution >= 0.6 is 0 Å². The van der Waals surface area contributed by atoms with Gasteiger partial charge in [0.15, 0.2) is 9.84 Å². The van der Waals surface area contributed by atoms with Gasteiger partial charge in [-0.15, -0.1) is 0 Å². The Balaban J connectivity index is 0.00000191. The third kappa shape index (κ3) is 8.92. The van der Waals surface area contributed by atoms with Gasteiger partial charge in [0.1, 0.15) is 0 Å². The van der Waals surface area contributed by atoms with Crippen molar-refractivity contribution in [3.05, 3.63) is 29.8 Å². The Morgan fingerprint density at radius 2 is 1.48 bits per heavy atom. The summed E-state index contributed by atoms with van der Waals surface area (Å²) in [5.41, 5.74) is 1.00. The first-order valence-electron chi connectivity index (χ1n) is 8.35. The largest absolute Gasteiger partial charge is 0.224 e. The molecule has 0 atom stereocenters. The van der Waals surface area contributed by atoms with E-state index < -0.39 is 9.84 Å².